The third-order valence-corrected chi connectivity index (χ3v) is 4.45. The molecule has 0 fully saturated rings. The molecule has 1 N–H and O–H groups in total. The van der Waals surface area contributed by atoms with E-state index in [9.17, 15) is 0 Å². The smallest absolute Gasteiger partial charge is 0.0887 e. The first-order valence-electron chi connectivity index (χ1n) is 4.93. The van der Waals surface area contributed by atoms with Crippen LogP contribution in [0.15, 0.2) is 28.5 Å². The summed E-state index contributed by atoms with van der Waals surface area (Å²) in [4.78, 5) is 0. The summed E-state index contributed by atoms with van der Waals surface area (Å²) in [7, 11) is 0. The van der Waals surface area contributed by atoms with Gasteiger partial charge in [-0.25, -0.2) is 0 Å². The molecule has 0 radical (unpaired) electrons. The summed E-state index contributed by atoms with van der Waals surface area (Å²) in [5.41, 5.74) is 1.07. The van der Waals surface area contributed by atoms with Crippen molar-refractivity contribution in [1.82, 2.24) is 4.37 Å². The number of aliphatic hydroxyl groups is 1. The Morgan fingerprint density at radius 3 is 3.07 bits per heavy atom. The molecule has 0 aliphatic heterocycles. The minimum Gasteiger partial charge on any atom is -0.396 e. The van der Waals surface area contributed by atoms with Crippen molar-refractivity contribution >= 4 is 34.2 Å². The number of rotatable bonds is 4. The Morgan fingerprint density at radius 1 is 1.47 bits per heavy atom. The first-order valence-corrected chi connectivity index (χ1v) is 6.58. The molecule has 2 aromatic rings. The maximum absolute atomic E-state index is 8.85. The summed E-state index contributed by atoms with van der Waals surface area (Å²) >= 11 is 3.35. The number of hydrogen-bond donors (Lipinski definition) is 1. The first kappa shape index (κ1) is 10.9. The molecule has 0 aliphatic rings. The summed E-state index contributed by atoms with van der Waals surface area (Å²) in [6, 6.07) is 8.19. The Morgan fingerprint density at radius 2 is 2.27 bits per heavy atom. The first-order chi connectivity index (χ1) is 7.31. The van der Waals surface area contributed by atoms with Gasteiger partial charge in [0.1, 0.15) is 0 Å². The molecular formula is C11H13NOS2. The Hall–Kier alpha value is -0.580. The molecule has 0 bridgehead atoms. The average molecular weight is 239 g/mol. The summed E-state index contributed by atoms with van der Waals surface area (Å²) in [6.07, 6.45) is 0.830. The molecule has 1 aromatic carbocycles. The van der Waals surface area contributed by atoms with Crippen LogP contribution in [-0.2, 0) is 0 Å². The van der Waals surface area contributed by atoms with Gasteiger partial charge in [-0.3, -0.25) is 0 Å². The van der Waals surface area contributed by atoms with E-state index >= 15 is 0 Å². The Labute approximate surface area is 97.5 Å². The third-order valence-electron chi connectivity index (χ3n) is 2.19. The van der Waals surface area contributed by atoms with Crippen molar-refractivity contribution in [3.05, 3.63) is 24.3 Å². The lowest BCUT2D eigenvalue weighted by Gasteiger charge is -2.06. The largest absolute Gasteiger partial charge is 0.396 e. The van der Waals surface area contributed by atoms with Crippen LogP contribution < -0.4 is 0 Å². The monoisotopic (exact) mass is 239 g/mol. The standard InChI is InChI=1S/C11H13NOS2/c1-8(6-7-13)14-11-9-4-2-3-5-10(9)12-15-11/h2-5,8,13H,6-7H2,1H3. The van der Waals surface area contributed by atoms with Crippen LogP contribution in [0.25, 0.3) is 10.9 Å². The summed E-state index contributed by atoms with van der Waals surface area (Å²) in [5, 5.41) is 10.5. The second-order valence-corrected chi connectivity index (χ2v) is 5.91. The summed E-state index contributed by atoms with van der Waals surface area (Å²) in [5.74, 6) is 0. The topological polar surface area (TPSA) is 33.1 Å². The van der Waals surface area contributed by atoms with Gasteiger partial charge >= 0.3 is 0 Å². The number of aromatic nitrogens is 1. The van der Waals surface area contributed by atoms with Gasteiger partial charge in [-0.1, -0.05) is 25.1 Å². The van der Waals surface area contributed by atoms with Crippen LogP contribution in [0.4, 0.5) is 0 Å². The van der Waals surface area contributed by atoms with Gasteiger partial charge < -0.3 is 5.11 Å². The maximum Gasteiger partial charge on any atom is 0.0887 e. The molecule has 1 unspecified atom stereocenters. The van der Waals surface area contributed by atoms with Crippen molar-refractivity contribution in [2.24, 2.45) is 0 Å². The Balaban J connectivity index is 2.21. The van der Waals surface area contributed by atoms with Crippen molar-refractivity contribution in [2.75, 3.05) is 6.61 Å². The van der Waals surface area contributed by atoms with Gasteiger partial charge in [-0.15, -0.1) is 11.8 Å². The Kier molecular flexibility index (Phi) is 3.61. The minimum atomic E-state index is 0.255. The van der Waals surface area contributed by atoms with Gasteiger partial charge in [0, 0.05) is 17.2 Å². The van der Waals surface area contributed by atoms with Crippen LogP contribution in [0.2, 0.25) is 0 Å². The predicted octanol–water partition coefficient (Wildman–Crippen LogP) is 3.16. The van der Waals surface area contributed by atoms with E-state index in [0.29, 0.717) is 5.25 Å². The van der Waals surface area contributed by atoms with E-state index < -0.39 is 0 Å². The second kappa shape index (κ2) is 4.96. The van der Waals surface area contributed by atoms with Crippen LogP contribution in [0.1, 0.15) is 13.3 Å². The predicted molar refractivity (Wildman–Crippen MR) is 66.6 cm³/mol. The lowest BCUT2D eigenvalue weighted by Crippen LogP contribution is -1.98. The molecule has 2 rings (SSSR count). The molecule has 4 heteroatoms. The fourth-order valence-electron chi connectivity index (χ4n) is 1.37. The van der Waals surface area contributed by atoms with Gasteiger partial charge in [-0.05, 0) is 24.0 Å². The van der Waals surface area contributed by atoms with Crippen LogP contribution >= 0.6 is 23.3 Å². The zero-order valence-corrected chi connectivity index (χ0v) is 10.1. The fraction of sp³-hybridized carbons (Fsp3) is 0.364. The minimum absolute atomic E-state index is 0.255. The van der Waals surface area contributed by atoms with Crippen LogP contribution in [-0.4, -0.2) is 21.3 Å². The molecule has 15 heavy (non-hydrogen) atoms. The normalized spacial score (nSPS) is 13.2. The molecular weight excluding hydrogens is 226 g/mol. The highest BCUT2D eigenvalue weighted by Crippen LogP contribution is 2.34. The van der Waals surface area contributed by atoms with Gasteiger partial charge in [0.15, 0.2) is 0 Å². The maximum atomic E-state index is 8.85. The molecule has 0 saturated heterocycles. The number of aliphatic hydroxyl groups excluding tert-OH is 1. The molecule has 1 atom stereocenters. The summed E-state index contributed by atoms with van der Waals surface area (Å²) < 4.78 is 5.65. The number of thioether (sulfide) groups is 1. The number of benzene rings is 1. The molecule has 0 aliphatic carbocycles. The highest BCUT2D eigenvalue weighted by atomic mass is 32.2. The average Bonchev–Trinajstić information content (AvgIpc) is 2.62. The van der Waals surface area contributed by atoms with Crippen LogP contribution in [0.5, 0.6) is 0 Å². The molecule has 0 amide bonds. The van der Waals surface area contributed by atoms with Crippen LogP contribution in [0.3, 0.4) is 0 Å². The van der Waals surface area contributed by atoms with E-state index in [1.54, 1.807) is 23.3 Å². The lowest BCUT2D eigenvalue weighted by atomic mass is 10.3. The molecule has 0 saturated carbocycles. The highest BCUT2D eigenvalue weighted by Gasteiger charge is 2.09. The SMILES string of the molecule is CC(CCO)Sc1snc2ccccc12. The van der Waals surface area contributed by atoms with E-state index in [0.717, 1.165) is 11.9 Å². The third kappa shape index (κ3) is 2.51. The van der Waals surface area contributed by atoms with Crippen LogP contribution in [0, 0.1) is 0 Å². The molecule has 1 heterocycles. The van der Waals surface area contributed by atoms with E-state index in [-0.39, 0.29) is 6.61 Å². The zero-order chi connectivity index (χ0) is 10.7. The van der Waals surface area contributed by atoms with Gasteiger partial charge in [0.25, 0.3) is 0 Å². The second-order valence-electron chi connectivity index (χ2n) is 3.43. The van der Waals surface area contributed by atoms with Crippen molar-refractivity contribution in [2.45, 2.75) is 22.8 Å². The van der Waals surface area contributed by atoms with Crippen molar-refractivity contribution in [3.8, 4) is 0 Å². The van der Waals surface area contributed by atoms with Crippen molar-refractivity contribution in [3.63, 3.8) is 0 Å². The van der Waals surface area contributed by atoms with Crippen molar-refractivity contribution < 1.29 is 5.11 Å². The number of hydrogen-bond acceptors (Lipinski definition) is 4. The molecule has 1 aromatic heterocycles. The van der Waals surface area contributed by atoms with Gasteiger partial charge in [0.05, 0.1) is 9.73 Å². The quantitative estimate of drug-likeness (QED) is 0.832. The highest BCUT2D eigenvalue weighted by molar-refractivity contribution is 8.01. The Bertz CT molecular complexity index is 441. The van der Waals surface area contributed by atoms with E-state index in [4.69, 9.17) is 5.11 Å². The molecule has 80 valence electrons. The van der Waals surface area contributed by atoms with E-state index in [1.165, 1.54) is 9.60 Å². The van der Waals surface area contributed by atoms with Gasteiger partial charge in [-0.2, -0.15) is 4.37 Å². The van der Waals surface area contributed by atoms with Gasteiger partial charge in [0.2, 0.25) is 0 Å². The summed E-state index contributed by atoms with van der Waals surface area (Å²) in [6.45, 7) is 2.39. The number of nitrogens with zero attached hydrogens (tertiary/aromatic N) is 1. The van der Waals surface area contributed by atoms with Crippen molar-refractivity contribution in [1.29, 1.82) is 0 Å². The van der Waals surface area contributed by atoms with E-state index in [2.05, 4.69) is 17.4 Å². The fourth-order valence-corrected chi connectivity index (χ4v) is 3.65. The zero-order valence-electron chi connectivity index (χ0n) is 8.51. The molecule has 2 nitrogen and oxygen atoms in total. The molecule has 0 spiro atoms. The number of fused-ring (bicyclic) bond motifs is 1. The van der Waals surface area contributed by atoms with E-state index in [1.807, 2.05) is 18.2 Å². The lowest BCUT2D eigenvalue weighted by molar-refractivity contribution is 0.289.